The van der Waals surface area contributed by atoms with Gasteiger partial charge in [0.1, 0.15) is 0 Å². The number of hydrogen-bond acceptors (Lipinski definition) is 2. The van der Waals surface area contributed by atoms with Crippen LogP contribution < -0.4 is 10.6 Å². The van der Waals surface area contributed by atoms with E-state index in [4.69, 9.17) is 5.73 Å². The van der Waals surface area contributed by atoms with E-state index in [1.807, 2.05) is 25.1 Å². The molecule has 0 atom stereocenters. The molecule has 0 spiro atoms. The first-order valence-corrected chi connectivity index (χ1v) is 6.23. The van der Waals surface area contributed by atoms with E-state index in [1.165, 1.54) is 31.4 Å². The lowest BCUT2D eigenvalue weighted by Crippen LogP contribution is -2.29. The van der Waals surface area contributed by atoms with Gasteiger partial charge in [-0.05, 0) is 43.5 Å². The highest BCUT2D eigenvalue weighted by molar-refractivity contribution is 5.93. The second-order valence-electron chi connectivity index (χ2n) is 4.91. The average molecular weight is 269 g/mol. The number of carbonyl (C=O) groups is 1. The number of amides is 1. The molecule has 3 nitrogen and oxygen atoms in total. The predicted octanol–water partition coefficient (Wildman–Crippen LogP) is 2.89. The summed E-state index contributed by atoms with van der Waals surface area (Å²) in [5, 5.41) is 0. The zero-order chi connectivity index (χ0) is 12.4. The van der Waals surface area contributed by atoms with Crippen molar-refractivity contribution in [1.29, 1.82) is 0 Å². The molecule has 0 unspecified atom stereocenters. The van der Waals surface area contributed by atoms with Gasteiger partial charge < -0.3 is 10.6 Å². The van der Waals surface area contributed by atoms with Crippen LogP contribution in [0.2, 0.25) is 0 Å². The van der Waals surface area contributed by atoms with E-state index >= 15 is 0 Å². The van der Waals surface area contributed by atoms with E-state index in [0.717, 1.165) is 5.56 Å². The number of aryl methyl sites for hydroxylation is 1. The summed E-state index contributed by atoms with van der Waals surface area (Å²) in [7, 11) is 2.14. The molecule has 100 valence electrons. The number of hydrogen-bond donors (Lipinski definition) is 1. The maximum Gasteiger partial charge on any atom is 0.248 e. The van der Waals surface area contributed by atoms with Crippen molar-refractivity contribution in [2.75, 3.05) is 11.9 Å². The molecule has 0 bridgehead atoms. The lowest BCUT2D eigenvalue weighted by Gasteiger charge is -2.28. The molecule has 4 heteroatoms. The summed E-state index contributed by atoms with van der Waals surface area (Å²) in [6.45, 7) is 2.03. The molecule has 1 amide bonds. The molecule has 1 saturated carbocycles. The standard InChI is InChI=1S/C14H20N2O.ClH/c1-10-9-11(14(15)17)7-8-13(10)16(2)12-5-3-4-6-12;/h7-9,12H,3-6H2,1-2H3,(H2,15,17);1H. The van der Waals surface area contributed by atoms with Gasteiger partial charge in [0, 0.05) is 24.3 Å². The lowest BCUT2D eigenvalue weighted by atomic mass is 10.1. The first kappa shape index (κ1) is 14.8. The van der Waals surface area contributed by atoms with Gasteiger partial charge in [-0.15, -0.1) is 12.4 Å². The quantitative estimate of drug-likeness (QED) is 0.916. The molecule has 0 heterocycles. The molecule has 2 N–H and O–H groups in total. The van der Waals surface area contributed by atoms with E-state index in [1.54, 1.807) is 0 Å². The number of anilines is 1. The molecule has 1 aliphatic carbocycles. The van der Waals surface area contributed by atoms with Crippen molar-refractivity contribution in [3.63, 3.8) is 0 Å². The van der Waals surface area contributed by atoms with Crippen molar-refractivity contribution in [3.8, 4) is 0 Å². The minimum atomic E-state index is -0.358. The molecule has 1 aliphatic rings. The van der Waals surface area contributed by atoms with Crippen LogP contribution in [0.5, 0.6) is 0 Å². The van der Waals surface area contributed by atoms with E-state index in [0.29, 0.717) is 11.6 Å². The molecule has 1 fully saturated rings. The topological polar surface area (TPSA) is 46.3 Å². The maximum atomic E-state index is 11.1. The molecule has 0 saturated heterocycles. The Morgan fingerprint density at radius 1 is 1.33 bits per heavy atom. The Bertz CT molecular complexity index is 428. The molecular weight excluding hydrogens is 248 g/mol. The van der Waals surface area contributed by atoms with Crippen LogP contribution in [-0.2, 0) is 0 Å². The number of nitrogens with zero attached hydrogens (tertiary/aromatic N) is 1. The number of nitrogens with two attached hydrogens (primary N) is 1. The van der Waals surface area contributed by atoms with E-state index in [9.17, 15) is 4.79 Å². The smallest absolute Gasteiger partial charge is 0.248 e. The molecule has 0 aliphatic heterocycles. The number of carbonyl (C=O) groups excluding carboxylic acids is 1. The monoisotopic (exact) mass is 268 g/mol. The van der Waals surface area contributed by atoms with Gasteiger partial charge in [-0.25, -0.2) is 0 Å². The molecule has 0 aromatic heterocycles. The van der Waals surface area contributed by atoms with Gasteiger partial charge in [-0.1, -0.05) is 12.8 Å². The normalized spacial score (nSPS) is 15.2. The van der Waals surface area contributed by atoms with Crippen molar-refractivity contribution in [1.82, 2.24) is 0 Å². The summed E-state index contributed by atoms with van der Waals surface area (Å²) < 4.78 is 0. The van der Waals surface area contributed by atoms with Crippen LogP contribution in [0, 0.1) is 6.92 Å². The van der Waals surface area contributed by atoms with Crippen LogP contribution in [0.15, 0.2) is 18.2 Å². The van der Waals surface area contributed by atoms with Crippen LogP contribution in [-0.4, -0.2) is 19.0 Å². The Balaban J connectivity index is 0.00000162. The third-order valence-electron chi connectivity index (χ3n) is 3.73. The first-order valence-electron chi connectivity index (χ1n) is 6.23. The number of halogens is 1. The fraction of sp³-hybridized carbons (Fsp3) is 0.500. The van der Waals surface area contributed by atoms with Gasteiger partial charge in [0.15, 0.2) is 0 Å². The summed E-state index contributed by atoms with van der Waals surface area (Å²) in [6.07, 6.45) is 5.20. The summed E-state index contributed by atoms with van der Waals surface area (Å²) >= 11 is 0. The maximum absolute atomic E-state index is 11.1. The van der Waals surface area contributed by atoms with Crippen LogP contribution in [0.25, 0.3) is 0 Å². The van der Waals surface area contributed by atoms with E-state index in [-0.39, 0.29) is 18.3 Å². The number of primary amides is 1. The lowest BCUT2D eigenvalue weighted by molar-refractivity contribution is 0.1000. The first-order chi connectivity index (χ1) is 8.09. The molecular formula is C14H21ClN2O. The van der Waals surface area contributed by atoms with Gasteiger partial charge in [-0.2, -0.15) is 0 Å². The second-order valence-corrected chi connectivity index (χ2v) is 4.91. The van der Waals surface area contributed by atoms with Crippen LogP contribution in [0.1, 0.15) is 41.6 Å². The van der Waals surface area contributed by atoms with E-state index in [2.05, 4.69) is 11.9 Å². The van der Waals surface area contributed by atoms with Gasteiger partial charge in [0.2, 0.25) is 5.91 Å². The molecule has 0 radical (unpaired) electrons. The highest BCUT2D eigenvalue weighted by Crippen LogP contribution is 2.29. The fourth-order valence-electron chi connectivity index (χ4n) is 2.69. The summed E-state index contributed by atoms with van der Waals surface area (Å²) in [4.78, 5) is 13.4. The van der Waals surface area contributed by atoms with Crippen molar-refractivity contribution >= 4 is 24.0 Å². The van der Waals surface area contributed by atoms with Crippen molar-refractivity contribution < 1.29 is 4.79 Å². The fourth-order valence-corrected chi connectivity index (χ4v) is 2.69. The highest BCUT2D eigenvalue weighted by Gasteiger charge is 2.20. The Labute approximate surface area is 115 Å². The van der Waals surface area contributed by atoms with Gasteiger partial charge in [0.25, 0.3) is 0 Å². The zero-order valence-electron chi connectivity index (χ0n) is 11.0. The minimum absolute atomic E-state index is 0. The second kappa shape index (κ2) is 6.10. The summed E-state index contributed by atoms with van der Waals surface area (Å²) in [5.74, 6) is -0.358. The van der Waals surface area contributed by atoms with Crippen molar-refractivity contribution in [2.45, 2.75) is 38.6 Å². The third kappa shape index (κ3) is 2.96. The summed E-state index contributed by atoms with van der Waals surface area (Å²) in [5.41, 5.74) is 8.20. The Kier molecular flexibility index (Phi) is 5.03. The van der Waals surface area contributed by atoms with Gasteiger partial charge in [-0.3, -0.25) is 4.79 Å². The highest BCUT2D eigenvalue weighted by atomic mass is 35.5. The summed E-state index contributed by atoms with van der Waals surface area (Å²) in [6, 6.07) is 6.35. The number of benzene rings is 1. The van der Waals surface area contributed by atoms with Crippen molar-refractivity contribution in [3.05, 3.63) is 29.3 Å². The third-order valence-corrected chi connectivity index (χ3v) is 3.73. The minimum Gasteiger partial charge on any atom is -0.371 e. The number of rotatable bonds is 3. The predicted molar refractivity (Wildman–Crippen MR) is 77.6 cm³/mol. The van der Waals surface area contributed by atoms with Crippen LogP contribution >= 0.6 is 12.4 Å². The molecule has 1 aromatic rings. The molecule has 1 aromatic carbocycles. The van der Waals surface area contributed by atoms with Crippen LogP contribution in [0.3, 0.4) is 0 Å². The molecule has 18 heavy (non-hydrogen) atoms. The largest absolute Gasteiger partial charge is 0.371 e. The Morgan fingerprint density at radius 2 is 1.94 bits per heavy atom. The van der Waals surface area contributed by atoms with Crippen LogP contribution in [0.4, 0.5) is 5.69 Å². The average Bonchev–Trinajstić information content (AvgIpc) is 2.81. The Hall–Kier alpha value is -1.22. The van der Waals surface area contributed by atoms with Crippen molar-refractivity contribution in [2.24, 2.45) is 5.73 Å². The van der Waals surface area contributed by atoms with Gasteiger partial charge >= 0.3 is 0 Å². The van der Waals surface area contributed by atoms with Gasteiger partial charge in [0.05, 0.1) is 0 Å². The van der Waals surface area contributed by atoms with E-state index < -0.39 is 0 Å². The SMILES string of the molecule is Cc1cc(C(N)=O)ccc1N(C)C1CCCC1.Cl. The zero-order valence-corrected chi connectivity index (χ0v) is 11.8. The molecule has 2 rings (SSSR count). The Morgan fingerprint density at radius 3 is 2.44 bits per heavy atom.